The predicted molar refractivity (Wildman–Crippen MR) is 77.7 cm³/mol. The van der Waals surface area contributed by atoms with Crippen molar-refractivity contribution >= 4 is 6.29 Å². The highest BCUT2D eigenvalue weighted by Crippen LogP contribution is 2.03. The standard InChI is InChI=1S/C13H22N2.C2H4O/c1-12(14-2)9-10-15(3)11-13-7-5-4-6-8-13;1-2-3/h4-8,12,14H,9-11H2,1-3H3;2H,1H3. The lowest BCUT2D eigenvalue weighted by molar-refractivity contribution is -0.106. The number of benzene rings is 1. The predicted octanol–water partition coefficient (Wildman–Crippen LogP) is 2.32. The van der Waals surface area contributed by atoms with Gasteiger partial charge in [-0.15, -0.1) is 0 Å². The summed E-state index contributed by atoms with van der Waals surface area (Å²) in [4.78, 5) is 11.2. The van der Waals surface area contributed by atoms with E-state index in [4.69, 9.17) is 4.79 Å². The molecule has 3 nitrogen and oxygen atoms in total. The van der Waals surface area contributed by atoms with E-state index in [1.165, 1.54) is 18.9 Å². The fourth-order valence-corrected chi connectivity index (χ4v) is 1.53. The van der Waals surface area contributed by atoms with Crippen LogP contribution in [0.3, 0.4) is 0 Å². The van der Waals surface area contributed by atoms with Gasteiger partial charge >= 0.3 is 0 Å². The smallest absolute Gasteiger partial charge is 0.116 e. The van der Waals surface area contributed by atoms with Gasteiger partial charge in [-0.05, 0) is 46.5 Å². The van der Waals surface area contributed by atoms with Crippen molar-refractivity contribution in [3.63, 3.8) is 0 Å². The van der Waals surface area contributed by atoms with E-state index in [0.717, 1.165) is 19.4 Å². The fourth-order valence-electron chi connectivity index (χ4n) is 1.53. The van der Waals surface area contributed by atoms with Gasteiger partial charge < -0.3 is 15.0 Å². The van der Waals surface area contributed by atoms with Gasteiger partial charge in [0.05, 0.1) is 0 Å². The maximum absolute atomic E-state index is 8.81. The molecule has 1 aromatic carbocycles. The van der Waals surface area contributed by atoms with Crippen LogP contribution in [0.4, 0.5) is 0 Å². The van der Waals surface area contributed by atoms with E-state index in [-0.39, 0.29) is 0 Å². The number of carbonyl (C=O) groups is 1. The van der Waals surface area contributed by atoms with Crippen molar-refractivity contribution in [1.29, 1.82) is 0 Å². The molecule has 3 heteroatoms. The van der Waals surface area contributed by atoms with Crippen LogP contribution in [0.5, 0.6) is 0 Å². The quantitative estimate of drug-likeness (QED) is 0.786. The van der Waals surface area contributed by atoms with Gasteiger partial charge in [-0.25, -0.2) is 0 Å². The summed E-state index contributed by atoms with van der Waals surface area (Å²) in [5, 5.41) is 3.26. The monoisotopic (exact) mass is 250 g/mol. The third-order valence-electron chi connectivity index (χ3n) is 2.73. The minimum Gasteiger partial charge on any atom is -0.317 e. The minimum atomic E-state index is 0.600. The van der Waals surface area contributed by atoms with Gasteiger partial charge in [-0.1, -0.05) is 30.3 Å². The van der Waals surface area contributed by atoms with Gasteiger partial charge in [0, 0.05) is 12.6 Å². The summed E-state index contributed by atoms with van der Waals surface area (Å²) in [5.41, 5.74) is 1.39. The Morgan fingerprint density at radius 2 is 1.89 bits per heavy atom. The summed E-state index contributed by atoms with van der Waals surface area (Å²) in [6.07, 6.45) is 1.94. The first-order valence-corrected chi connectivity index (χ1v) is 6.43. The molecule has 0 saturated carbocycles. The zero-order valence-corrected chi connectivity index (χ0v) is 12.0. The third-order valence-corrected chi connectivity index (χ3v) is 2.73. The Kier molecular flexibility index (Phi) is 10.2. The van der Waals surface area contributed by atoms with Crippen LogP contribution in [-0.2, 0) is 11.3 Å². The Morgan fingerprint density at radius 1 is 1.33 bits per heavy atom. The molecule has 1 rings (SSSR count). The van der Waals surface area contributed by atoms with Crippen molar-refractivity contribution < 1.29 is 4.79 Å². The molecule has 0 aliphatic carbocycles. The zero-order chi connectivity index (χ0) is 13.8. The summed E-state index contributed by atoms with van der Waals surface area (Å²) in [6.45, 7) is 5.84. The van der Waals surface area contributed by atoms with E-state index in [2.05, 4.69) is 54.5 Å². The second-order valence-electron chi connectivity index (χ2n) is 4.44. The fraction of sp³-hybridized carbons (Fsp3) is 0.533. The Bertz CT molecular complexity index is 301. The van der Waals surface area contributed by atoms with E-state index in [1.54, 1.807) is 0 Å². The van der Waals surface area contributed by atoms with Crippen LogP contribution in [0, 0.1) is 0 Å². The highest BCUT2D eigenvalue weighted by atomic mass is 16.1. The van der Waals surface area contributed by atoms with E-state index in [0.29, 0.717) is 6.04 Å². The molecule has 102 valence electrons. The Hall–Kier alpha value is -1.19. The minimum absolute atomic E-state index is 0.600. The second-order valence-corrected chi connectivity index (χ2v) is 4.44. The van der Waals surface area contributed by atoms with Crippen LogP contribution in [-0.4, -0.2) is 37.9 Å². The van der Waals surface area contributed by atoms with Crippen molar-refractivity contribution in [3.05, 3.63) is 35.9 Å². The summed E-state index contributed by atoms with van der Waals surface area (Å²) >= 11 is 0. The SMILES string of the molecule is CC=O.CNC(C)CCN(C)Cc1ccccc1. The maximum Gasteiger partial charge on any atom is 0.116 e. The Balaban J connectivity index is 0.000000873. The number of hydrogen-bond acceptors (Lipinski definition) is 3. The third kappa shape index (κ3) is 8.90. The molecule has 0 aliphatic rings. The van der Waals surface area contributed by atoms with Gasteiger partial charge in [0.25, 0.3) is 0 Å². The van der Waals surface area contributed by atoms with Crippen LogP contribution in [0.1, 0.15) is 25.8 Å². The van der Waals surface area contributed by atoms with Crippen molar-refractivity contribution in [2.45, 2.75) is 32.9 Å². The molecule has 0 bridgehead atoms. The first kappa shape index (κ1) is 16.8. The average molecular weight is 250 g/mol. The maximum atomic E-state index is 8.81. The zero-order valence-electron chi connectivity index (χ0n) is 12.0. The number of carbonyl (C=O) groups excluding carboxylic acids is 1. The molecule has 0 heterocycles. The van der Waals surface area contributed by atoms with E-state index in [9.17, 15) is 0 Å². The molecular weight excluding hydrogens is 224 g/mol. The molecule has 0 aromatic heterocycles. The summed E-state index contributed by atoms with van der Waals surface area (Å²) < 4.78 is 0. The van der Waals surface area contributed by atoms with Crippen molar-refractivity contribution in [3.8, 4) is 0 Å². The van der Waals surface area contributed by atoms with Gasteiger partial charge in [0.1, 0.15) is 6.29 Å². The number of rotatable bonds is 6. The van der Waals surface area contributed by atoms with Crippen molar-refractivity contribution in [2.24, 2.45) is 0 Å². The molecule has 1 atom stereocenters. The average Bonchev–Trinajstić information content (AvgIpc) is 2.38. The molecule has 0 radical (unpaired) electrons. The number of nitrogens with one attached hydrogen (secondary N) is 1. The summed E-state index contributed by atoms with van der Waals surface area (Å²) in [7, 11) is 4.19. The van der Waals surface area contributed by atoms with Crippen LogP contribution in [0.2, 0.25) is 0 Å². The van der Waals surface area contributed by atoms with Crippen molar-refractivity contribution in [1.82, 2.24) is 10.2 Å². The van der Waals surface area contributed by atoms with E-state index in [1.807, 2.05) is 7.05 Å². The molecule has 1 aromatic rings. The molecule has 0 amide bonds. The van der Waals surface area contributed by atoms with E-state index >= 15 is 0 Å². The second kappa shape index (κ2) is 10.9. The number of hydrogen-bond donors (Lipinski definition) is 1. The molecule has 1 unspecified atom stereocenters. The van der Waals surface area contributed by atoms with Gasteiger partial charge in [-0.2, -0.15) is 0 Å². The van der Waals surface area contributed by atoms with Gasteiger partial charge in [0.15, 0.2) is 0 Å². The molecule has 0 fully saturated rings. The van der Waals surface area contributed by atoms with Crippen LogP contribution >= 0.6 is 0 Å². The Labute approximate surface area is 111 Å². The highest BCUT2D eigenvalue weighted by molar-refractivity contribution is 5.44. The number of nitrogens with zero attached hydrogens (tertiary/aromatic N) is 1. The normalized spacial score (nSPS) is 11.6. The molecular formula is C15H26N2O. The summed E-state index contributed by atoms with van der Waals surface area (Å²) in [6, 6.07) is 11.2. The largest absolute Gasteiger partial charge is 0.317 e. The van der Waals surface area contributed by atoms with E-state index < -0.39 is 0 Å². The molecule has 0 aliphatic heterocycles. The summed E-state index contributed by atoms with van der Waals surface area (Å²) in [5.74, 6) is 0. The van der Waals surface area contributed by atoms with Crippen LogP contribution < -0.4 is 5.32 Å². The number of aldehydes is 1. The highest BCUT2D eigenvalue weighted by Gasteiger charge is 2.02. The van der Waals surface area contributed by atoms with Gasteiger partial charge in [0.2, 0.25) is 0 Å². The topological polar surface area (TPSA) is 32.3 Å². The molecule has 0 saturated heterocycles. The lowest BCUT2D eigenvalue weighted by Gasteiger charge is -2.19. The Morgan fingerprint density at radius 3 is 2.39 bits per heavy atom. The molecule has 0 spiro atoms. The lowest BCUT2D eigenvalue weighted by atomic mass is 10.2. The van der Waals surface area contributed by atoms with Gasteiger partial charge in [-0.3, -0.25) is 0 Å². The first-order chi connectivity index (χ1) is 8.63. The van der Waals surface area contributed by atoms with Crippen LogP contribution in [0.15, 0.2) is 30.3 Å². The lowest BCUT2D eigenvalue weighted by Crippen LogP contribution is -2.28. The first-order valence-electron chi connectivity index (χ1n) is 6.43. The van der Waals surface area contributed by atoms with Crippen LogP contribution in [0.25, 0.3) is 0 Å². The molecule has 1 N–H and O–H groups in total. The van der Waals surface area contributed by atoms with Crippen molar-refractivity contribution in [2.75, 3.05) is 20.6 Å². The molecule has 18 heavy (non-hydrogen) atoms.